The zero-order valence-corrected chi connectivity index (χ0v) is 15.1. The van der Waals surface area contributed by atoms with E-state index in [0.717, 1.165) is 34.3 Å². The van der Waals surface area contributed by atoms with Crippen molar-refractivity contribution in [2.75, 3.05) is 6.54 Å². The number of para-hydroxylation sites is 1. The van der Waals surface area contributed by atoms with E-state index in [4.69, 9.17) is 0 Å². The van der Waals surface area contributed by atoms with Gasteiger partial charge in [-0.15, -0.1) is 0 Å². The molecule has 1 aromatic heterocycles. The van der Waals surface area contributed by atoms with E-state index >= 15 is 0 Å². The summed E-state index contributed by atoms with van der Waals surface area (Å²) in [6, 6.07) is 7.11. The monoisotopic (exact) mass is 353 g/mol. The molecule has 0 radical (unpaired) electrons. The summed E-state index contributed by atoms with van der Waals surface area (Å²) in [6.45, 7) is 3.78. The Morgan fingerprint density at radius 3 is 2.65 bits per heavy atom. The van der Waals surface area contributed by atoms with Crippen LogP contribution in [0.5, 0.6) is 0 Å². The van der Waals surface area contributed by atoms with E-state index < -0.39 is 11.6 Å². The van der Waals surface area contributed by atoms with Gasteiger partial charge in [-0.05, 0) is 44.6 Å². The lowest BCUT2D eigenvalue weighted by Gasteiger charge is -2.33. The van der Waals surface area contributed by atoms with Crippen molar-refractivity contribution in [3.05, 3.63) is 35.5 Å². The number of ketones is 1. The predicted octanol–water partition coefficient (Wildman–Crippen LogP) is 3.16. The lowest BCUT2D eigenvalue weighted by Crippen LogP contribution is -2.49. The number of nitrogens with zero attached hydrogens (tertiary/aromatic N) is 1. The largest absolute Gasteiger partial charge is 0.358 e. The number of aromatic amines is 1. The van der Waals surface area contributed by atoms with Crippen LogP contribution in [0.25, 0.3) is 10.9 Å². The molecule has 0 atom stereocenters. The zero-order valence-electron chi connectivity index (χ0n) is 15.1. The molecule has 136 valence electrons. The number of H-pyrrole nitrogens is 1. The second-order valence-electron chi connectivity index (χ2n) is 7.68. The van der Waals surface area contributed by atoms with Gasteiger partial charge in [-0.3, -0.25) is 14.5 Å². The van der Waals surface area contributed by atoms with E-state index in [-0.39, 0.29) is 18.2 Å². The smallest absolute Gasteiger partial charge is 0.325 e. The molecular formula is C20H23N3O3. The number of fused-ring (bicyclic) bond motifs is 1. The molecule has 1 aliphatic carbocycles. The number of carbonyl (C=O) groups excluding carboxylic acids is 3. The summed E-state index contributed by atoms with van der Waals surface area (Å²) in [5, 5.41) is 3.69. The topological polar surface area (TPSA) is 82.3 Å². The van der Waals surface area contributed by atoms with Crippen LogP contribution >= 0.6 is 0 Å². The quantitative estimate of drug-likeness (QED) is 0.657. The molecule has 2 fully saturated rings. The van der Waals surface area contributed by atoms with Gasteiger partial charge in [-0.2, -0.15) is 0 Å². The summed E-state index contributed by atoms with van der Waals surface area (Å²) < 4.78 is 0. The Morgan fingerprint density at radius 2 is 1.92 bits per heavy atom. The van der Waals surface area contributed by atoms with E-state index in [9.17, 15) is 14.4 Å². The first-order chi connectivity index (χ1) is 12.4. The molecular weight excluding hydrogens is 330 g/mol. The highest BCUT2D eigenvalue weighted by atomic mass is 16.2. The van der Waals surface area contributed by atoms with Gasteiger partial charge in [-0.1, -0.05) is 25.1 Å². The lowest BCUT2D eigenvalue weighted by molar-refractivity contribution is -0.132. The number of hydrogen-bond donors (Lipinski definition) is 2. The van der Waals surface area contributed by atoms with Gasteiger partial charge < -0.3 is 10.3 Å². The maximum absolute atomic E-state index is 12.9. The highest BCUT2D eigenvalue weighted by Crippen LogP contribution is 2.36. The zero-order chi connectivity index (χ0) is 18.5. The summed E-state index contributed by atoms with van der Waals surface area (Å²) in [5.41, 5.74) is 1.38. The minimum atomic E-state index is -0.806. The number of benzene rings is 1. The van der Waals surface area contributed by atoms with Gasteiger partial charge in [0.15, 0.2) is 5.78 Å². The Morgan fingerprint density at radius 1 is 1.23 bits per heavy atom. The Bertz CT molecular complexity index is 906. The molecule has 2 heterocycles. The third kappa shape index (κ3) is 2.52. The van der Waals surface area contributed by atoms with Crippen LogP contribution in [-0.4, -0.2) is 39.7 Å². The number of imide groups is 1. The standard InChI is InChI=1S/C20H23N3O3/c1-12-7-9-20(10-8-12)18(25)23(19(26)22-20)11-16(24)17-13(2)21-15-6-4-3-5-14(15)17/h3-6,12,21H,7-11H2,1-2H3,(H,22,26). The molecule has 0 unspecified atom stereocenters. The van der Waals surface area contributed by atoms with E-state index in [1.165, 1.54) is 0 Å². The number of nitrogens with one attached hydrogen (secondary N) is 2. The summed E-state index contributed by atoms with van der Waals surface area (Å²) in [4.78, 5) is 42.6. The molecule has 1 aromatic carbocycles. The Kier molecular flexibility index (Phi) is 3.86. The van der Waals surface area contributed by atoms with Crippen LogP contribution in [0.3, 0.4) is 0 Å². The second kappa shape index (κ2) is 5.97. The Hall–Kier alpha value is -2.63. The molecule has 1 aliphatic heterocycles. The van der Waals surface area contributed by atoms with Crippen molar-refractivity contribution in [2.45, 2.75) is 45.1 Å². The van der Waals surface area contributed by atoms with Gasteiger partial charge >= 0.3 is 6.03 Å². The fraction of sp³-hybridized carbons (Fsp3) is 0.450. The lowest BCUT2D eigenvalue weighted by atomic mass is 9.77. The van der Waals surface area contributed by atoms with Crippen LogP contribution in [-0.2, 0) is 4.79 Å². The fourth-order valence-electron chi connectivity index (χ4n) is 4.27. The Labute approximate surface area is 151 Å². The molecule has 6 nitrogen and oxygen atoms in total. The fourth-order valence-corrected chi connectivity index (χ4v) is 4.27. The van der Waals surface area contributed by atoms with E-state index in [1.54, 1.807) is 0 Å². The first-order valence-corrected chi connectivity index (χ1v) is 9.16. The number of carbonyl (C=O) groups is 3. The molecule has 4 rings (SSSR count). The van der Waals surface area contributed by atoms with Gasteiger partial charge in [0.05, 0.1) is 6.54 Å². The third-order valence-corrected chi connectivity index (χ3v) is 5.85. The minimum Gasteiger partial charge on any atom is -0.358 e. The molecule has 2 aliphatic rings. The minimum absolute atomic E-state index is 0.218. The predicted molar refractivity (Wildman–Crippen MR) is 98.0 cm³/mol. The number of rotatable bonds is 3. The van der Waals surface area contributed by atoms with Crippen molar-refractivity contribution in [1.29, 1.82) is 0 Å². The molecule has 2 aromatic rings. The highest BCUT2D eigenvalue weighted by molar-refractivity contribution is 6.15. The number of hydrogen-bond acceptors (Lipinski definition) is 3. The second-order valence-corrected chi connectivity index (χ2v) is 7.68. The van der Waals surface area contributed by atoms with Crippen molar-refractivity contribution in [2.24, 2.45) is 5.92 Å². The Balaban J connectivity index is 1.59. The van der Waals surface area contributed by atoms with E-state index in [2.05, 4.69) is 17.2 Å². The highest BCUT2D eigenvalue weighted by Gasteiger charge is 2.52. The van der Waals surface area contributed by atoms with Crippen molar-refractivity contribution in [3.63, 3.8) is 0 Å². The van der Waals surface area contributed by atoms with Gasteiger partial charge in [-0.25, -0.2) is 4.79 Å². The van der Waals surface area contributed by atoms with Crippen LogP contribution in [0.2, 0.25) is 0 Å². The number of amides is 3. The van der Waals surface area contributed by atoms with Crippen LogP contribution in [0, 0.1) is 12.8 Å². The van der Waals surface area contributed by atoms with Gasteiger partial charge in [0.1, 0.15) is 5.54 Å². The van der Waals surface area contributed by atoms with Gasteiger partial charge in [0.25, 0.3) is 5.91 Å². The average Bonchev–Trinajstić information content (AvgIpc) is 3.06. The average molecular weight is 353 g/mol. The summed E-state index contributed by atoms with van der Waals surface area (Å²) in [5.74, 6) is 0.0970. The molecule has 1 spiro atoms. The van der Waals surface area contributed by atoms with Gasteiger partial charge in [0, 0.05) is 22.2 Å². The first-order valence-electron chi connectivity index (χ1n) is 9.16. The summed E-state index contributed by atoms with van der Waals surface area (Å²) in [7, 11) is 0. The molecule has 3 amide bonds. The van der Waals surface area contributed by atoms with Crippen molar-refractivity contribution in [3.8, 4) is 0 Å². The number of aryl methyl sites for hydroxylation is 1. The van der Waals surface area contributed by atoms with Crippen LogP contribution < -0.4 is 5.32 Å². The van der Waals surface area contributed by atoms with Crippen molar-refractivity contribution < 1.29 is 14.4 Å². The summed E-state index contributed by atoms with van der Waals surface area (Å²) >= 11 is 0. The van der Waals surface area contributed by atoms with Crippen LogP contribution in [0.15, 0.2) is 24.3 Å². The number of aromatic nitrogens is 1. The third-order valence-electron chi connectivity index (χ3n) is 5.85. The van der Waals surface area contributed by atoms with E-state index in [0.29, 0.717) is 24.3 Å². The normalized spacial score (nSPS) is 25.9. The molecule has 0 bridgehead atoms. The van der Waals surface area contributed by atoms with Crippen molar-refractivity contribution >= 4 is 28.6 Å². The van der Waals surface area contributed by atoms with E-state index in [1.807, 2.05) is 31.2 Å². The van der Waals surface area contributed by atoms with Gasteiger partial charge in [0.2, 0.25) is 0 Å². The maximum atomic E-state index is 12.9. The molecule has 1 saturated carbocycles. The summed E-state index contributed by atoms with van der Waals surface area (Å²) in [6.07, 6.45) is 3.12. The maximum Gasteiger partial charge on any atom is 0.325 e. The SMILES string of the molecule is Cc1[nH]c2ccccc2c1C(=O)CN1C(=O)NC2(CCC(C)CC2)C1=O. The first kappa shape index (κ1) is 16.8. The van der Waals surface area contributed by atoms with Crippen molar-refractivity contribution in [1.82, 2.24) is 15.2 Å². The van der Waals surface area contributed by atoms with Crippen LogP contribution in [0.1, 0.15) is 48.7 Å². The molecule has 1 saturated heterocycles. The molecule has 26 heavy (non-hydrogen) atoms. The molecule has 2 N–H and O–H groups in total. The number of urea groups is 1. The van der Waals surface area contributed by atoms with Crippen LogP contribution in [0.4, 0.5) is 4.79 Å². The molecule has 6 heteroatoms. The number of Topliss-reactive ketones (excluding diaryl/α,β-unsaturated/α-hetero) is 1.